The van der Waals surface area contributed by atoms with E-state index in [2.05, 4.69) is 26.2 Å². The molecule has 2 heterocycles. The van der Waals surface area contributed by atoms with Crippen LogP contribution in [0, 0.1) is 6.92 Å². The van der Waals surface area contributed by atoms with Crippen LogP contribution in [0.2, 0.25) is 5.02 Å². The van der Waals surface area contributed by atoms with Gasteiger partial charge in [-0.15, -0.1) is 0 Å². The molecule has 0 spiro atoms. The number of nitrogens with one attached hydrogen (secondary N) is 1. The maximum Gasteiger partial charge on any atom is 0.173 e. The molecule has 0 amide bonds. The molecule has 2 aromatic rings. The fourth-order valence-corrected chi connectivity index (χ4v) is 3.28. The summed E-state index contributed by atoms with van der Waals surface area (Å²) in [5, 5.41) is 4.57. The normalized spacial score (nSPS) is 14.4. The van der Waals surface area contributed by atoms with E-state index in [0.717, 1.165) is 43.4 Å². The van der Waals surface area contributed by atoms with Gasteiger partial charge in [-0.1, -0.05) is 17.7 Å². The number of halogens is 1. The number of pyridine rings is 1. The first-order valence-corrected chi connectivity index (χ1v) is 8.93. The van der Waals surface area contributed by atoms with Gasteiger partial charge in [-0.25, -0.2) is 4.98 Å². The first kappa shape index (κ1) is 17.8. The number of ether oxygens (including phenoxy) is 1. The number of aryl methyl sites for hydroxylation is 1. The van der Waals surface area contributed by atoms with Crippen LogP contribution in [-0.4, -0.2) is 48.3 Å². The molecule has 0 unspecified atom stereocenters. The molecule has 1 saturated heterocycles. The van der Waals surface area contributed by atoms with Crippen LogP contribution in [-0.2, 0) is 0 Å². The van der Waals surface area contributed by atoms with E-state index in [1.54, 1.807) is 13.2 Å². The van der Waals surface area contributed by atoms with Crippen LogP contribution < -0.4 is 15.0 Å². The highest BCUT2D eigenvalue weighted by Gasteiger charge is 2.20. The molecule has 1 fully saturated rings. The molecule has 0 radical (unpaired) electrons. The summed E-state index contributed by atoms with van der Waals surface area (Å²) in [5.74, 6) is 1.74. The van der Waals surface area contributed by atoms with Gasteiger partial charge in [0.15, 0.2) is 5.11 Å². The van der Waals surface area contributed by atoms with Gasteiger partial charge in [0.1, 0.15) is 11.6 Å². The fourth-order valence-electron chi connectivity index (χ4n) is 2.82. The molecule has 0 saturated carbocycles. The van der Waals surface area contributed by atoms with Gasteiger partial charge in [-0.3, -0.25) is 0 Å². The number of benzene rings is 1. The number of hydrogen-bond donors (Lipinski definition) is 1. The summed E-state index contributed by atoms with van der Waals surface area (Å²) in [6.07, 6.45) is 0. The molecule has 0 bridgehead atoms. The Morgan fingerprint density at radius 1 is 1.20 bits per heavy atom. The van der Waals surface area contributed by atoms with Gasteiger partial charge in [0.05, 0.1) is 12.8 Å². The van der Waals surface area contributed by atoms with Crippen LogP contribution in [0.15, 0.2) is 36.4 Å². The standard InChI is InChI=1S/C18H21ClN4OS/c1-13-4-3-5-17(20-13)22-8-10-23(11-9-22)18(25)21-15-12-14(19)6-7-16(15)24-2/h3-7,12H,8-11H2,1-2H3,(H,21,25). The van der Waals surface area contributed by atoms with Crippen molar-refractivity contribution in [3.8, 4) is 5.75 Å². The second-order valence-corrected chi connectivity index (χ2v) is 6.71. The van der Waals surface area contributed by atoms with Crippen molar-refractivity contribution in [3.63, 3.8) is 0 Å². The monoisotopic (exact) mass is 376 g/mol. The SMILES string of the molecule is COc1ccc(Cl)cc1NC(=S)N1CCN(c2cccc(C)n2)CC1. The van der Waals surface area contributed by atoms with Crippen LogP contribution in [0.3, 0.4) is 0 Å². The zero-order chi connectivity index (χ0) is 17.8. The summed E-state index contributed by atoms with van der Waals surface area (Å²) in [7, 11) is 1.63. The Kier molecular flexibility index (Phi) is 5.60. The van der Waals surface area contributed by atoms with Crippen LogP contribution in [0.1, 0.15) is 5.69 Å². The highest BCUT2D eigenvalue weighted by molar-refractivity contribution is 7.80. The van der Waals surface area contributed by atoms with Crippen molar-refractivity contribution >= 4 is 40.4 Å². The molecule has 1 N–H and O–H groups in total. The van der Waals surface area contributed by atoms with Crippen LogP contribution >= 0.6 is 23.8 Å². The van der Waals surface area contributed by atoms with Crippen molar-refractivity contribution in [2.75, 3.05) is 43.5 Å². The molecule has 25 heavy (non-hydrogen) atoms. The number of thiocarbonyl (C=S) groups is 1. The van der Waals surface area contributed by atoms with E-state index >= 15 is 0 Å². The van der Waals surface area contributed by atoms with E-state index in [-0.39, 0.29) is 0 Å². The molecule has 0 aliphatic carbocycles. The third-order valence-corrected chi connectivity index (χ3v) is 4.76. The number of piperazine rings is 1. The Hall–Kier alpha value is -2.05. The Bertz CT molecular complexity index is 762. The largest absolute Gasteiger partial charge is 0.495 e. The molecular formula is C18H21ClN4OS. The first-order chi connectivity index (χ1) is 12.1. The molecule has 0 atom stereocenters. The Labute approximate surface area is 158 Å². The van der Waals surface area contributed by atoms with E-state index in [4.69, 9.17) is 28.6 Å². The Balaban J connectivity index is 1.61. The number of anilines is 2. The molecule has 3 rings (SSSR count). The minimum Gasteiger partial charge on any atom is -0.495 e. The molecular weight excluding hydrogens is 356 g/mol. The molecule has 132 valence electrons. The highest BCUT2D eigenvalue weighted by atomic mass is 35.5. The Morgan fingerprint density at radius 3 is 2.64 bits per heavy atom. The minimum atomic E-state index is 0.640. The quantitative estimate of drug-likeness (QED) is 0.826. The predicted molar refractivity (Wildman–Crippen MR) is 107 cm³/mol. The lowest BCUT2D eigenvalue weighted by Gasteiger charge is -2.37. The van der Waals surface area contributed by atoms with E-state index < -0.39 is 0 Å². The third-order valence-electron chi connectivity index (χ3n) is 4.17. The molecule has 1 aliphatic rings. The summed E-state index contributed by atoms with van der Waals surface area (Å²) in [6.45, 7) is 5.45. The fraction of sp³-hybridized carbons (Fsp3) is 0.333. The number of nitrogens with zero attached hydrogens (tertiary/aromatic N) is 3. The second kappa shape index (κ2) is 7.89. The number of aromatic nitrogens is 1. The minimum absolute atomic E-state index is 0.640. The summed E-state index contributed by atoms with van der Waals surface area (Å²) < 4.78 is 5.36. The van der Waals surface area contributed by atoms with Crippen molar-refractivity contribution in [1.29, 1.82) is 0 Å². The van der Waals surface area contributed by atoms with Crippen LogP contribution in [0.4, 0.5) is 11.5 Å². The summed E-state index contributed by atoms with van der Waals surface area (Å²) >= 11 is 11.6. The summed E-state index contributed by atoms with van der Waals surface area (Å²) in [6, 6.07) is 11.5. The number of rotatable bonds is 3. The first-order valence-electron chi connectivity index (χ1n) is 8.15. The van der Waals surface area contributed by atoms with Gasteiger partial charge >= 0.3 is 0 Å². The van der Waals surface area contributed by atoms with Crippen molar-refractivity contribution in [3.05, 3.63) is 47.1 Å². The van der Waals surface area contributed by atoms with Gasteiger partial charge in [0.25, 0.3) is 0 Å². The van der Waals surface area contributed by atoms with Gasteiger partial charge in [-0.05, 0) is 49.5 Å². The zero-order valence-corrected chi connectivity index (χ0v) is 15.9. The third kappa shape index (κ3) is 4.32. The maximum atomic E-state index is 6.08. The smallest absolute Gasteiger partial charge is 0.173 e. The molecule has 1 aromatic heterocycles. The van der Waals surface area contributed by atoms with Crippen molar-refractivity contribution in [1.82, 2.24) is 9.88 Å². The van der Waals surface area contributed by atoms with Crippen LogP contribution in [0.5, 0.6) is 5.75 Å². The van der Waals surface area contributed by atoms with Crippen molar-refractivity contribution in [2.24, 2.45) is 0 Å². The molecule has 5 nitrogen and oxygen atoms in total. The molecule has 1 aliphatic heterocycles. The second-order valence-electron chi connectivity index (χ2n) is 5.89. The van der Waals surface area contributed by atoms with Gasteiger partial charge in [-0.2, -0.15) is 0 Å². The Morgan fingerprint density at radius 2 is 1.96 bits per heavy atom. The number of methoxy groups -OCH3 is 1. The van der Waals surface area contributed by atoms with E-state index in [1.807, 2.05) is 31.2 Å². The maximum absolute atomic E-state index is 6.08. The average molecular weight is 377 g/mol. The molecule has 7 heteroatoms. The lowest BCUT2D eigenvalue weighted by atomic mass is 10.3. The molecule has 1 aromatic carbocycles. The predicted octanol–water partition coefficient (Wildman–Crippen LogP) is 3.57. The average Bonchev–Trinajstić information content (AvgIpc) is 2.62. The summed E-state index contributed by atoms with van der Waals surface area (Å²) in [5.41, 5.74) is 1.81. The van der Waals surface area contributed by atoms with Crippen molar-refractivity contribution < 1.29 is 4.74 Å². The van der Waals surface area contributed by atoms with E-state index in [1.165, 1.54) is 0 Å². The summed E-state index contributed by atoms with van der Waals surface area (Å²) in [4.78, 5) is 9.03. The van der Waals surface area contributed by atoms with E-state index in [9.17, 15) is 0 Å². The van der Waals surface area contributed by atoms with E-state index in [0.29, 0.717) is 15.9 Å². The van der Waals surface area contributed by atoms with Crippen LogP contribution in [0.25, 0.3) is 0 Å². The van der Waals surface area contributed by atoms with Gasteiger partial charge in [0.2, 0.25) is 0 Å². The van der Waals surface area contributed by atoms with Gasteiger partial charge in [0, 0.05) is 36.9 Å². The highest BCUT2D eigenvalue weighted by Crippen LogP contribution is 2.28. The van der Waals surface area contributed by atoms with Crippen molar-refractivity contribution in [2.45, 2.75) is 6.92 Å². The lowest BCUT2D eigenvalue weighted by Crippen LogP contribution is -2.50. The zero-order valence-electron chi connectivity index (χ0n) is 14.3. The lowest BCUT2D eigenvalue weighted by molar-refractivity contribution is 0.388. The topological polar surface area (TPSA) is 40.6 Å². The number of hydrogen-bond acceptors (Lipinski definition) is 4. The van der Waals surface area contributed by atoms with Gasteiger partial charge < -0.3 is 19.9 Å².